The molecule has 0 amide bonds. The first-order valence-corrected chi connectivity index (χ1v) is 13.1. The van der Waals surface area contributed by atoms with Gasteiger partial charge >= 0.3 is 24.3 Å². The molecule has 2 aromatic carbocycles. The van der Waals surface area contributed by atoms with Crippen molar-refractivity contribution in [3.05, 3.63) is 94.6 Å². The molecule has 0 saturated carbocycles. The van der Waals surface area contributed by atoms with Gasteiger partial charge in [0.05, 0.1) is 40.8 Å². The van der Waals surface area contributed by atoms with Crippen molar-refractivity contribution >= 4 is 11.9 Å². The number of pyridine rings is 2. The summed E-state index contributed by atoms with van der Waals surface area (Å²) >= 11 is 0. The zero-order chi connectivity index (χ0) is 37.6. The van der Waals surface area contributed by atoms with Gasteiger partial charge in [-0.1, -0.05) is 0 Å². The van der Waals surface area contributed by atoms with Crippen molar-refractivity contribution in [1.82, 2.24) is 9.97 Å². The fraction of sp³-hybridized carbons (Fsp3) is 0.200. The smallest absolute Gasteiger partial charge is 0.433 e. The quantitative estimate of drug-likeness (QED) is 0.131. The van der Waals surface area contributed by atoms with Crippen LogP contribution in [0.25, 0.3) is 0 Å². The van der Waals surface area contributed by atoms with Gasteiger partial charge < -0.3 is 28.4 Å². The highest BCUT2D eigenvalue weighted by molar-refractivity contribution is 5.93. The maximum absolute atomic E-state index is 13.7. The number of benzene rings is 2. The molecule has 0 bridgehead atoms. The summed E-state index contributed by atoms with van der Waals surface area (Å²) < 4.78 is 159. The molecule has 2 aromatic heterocycles. The minimum absolute atomic E-state index is 0.367. The van der Waals surface area contributed by atoms with Gasteiger partial charge in [-0.3, -0.25) is 0 Å². The molecule has 10 nitrogen and oxygen atoms in total. The van der Waals surface area contributed by atoms with E-state index in [0.717, 1.165) is 52.7 Å². The number of rotatable bonds is 8. The van der Waals surface area contributed by atoms with E-state index in [4.69, 9.17) is 9.47 Å². The van der Waals surface area contributed by atoms with Gasteiger partial charge in [-0.15, -0.1) is 0 Å². The largest absolute Gasteiger partial charge is 0.490 e. The van der Waals surface area contributed by atoms with E-state index in [1.807, 2.05) is 0 Å². The molecular formula is C30H20F10N2O8. The summed E-state index contributed by atoms with van der Waals surface area (Å²) in [5.41, 5.74) is -3.90. The summed E-state index contributed by atoms with van der Waals surface area (Å²) in [4.78, 5) is 29.7. The Morgan fingerprint density at radius 2 is 0.900 bits per heavy atom. The third-order valence-electron chi connectivity index (χ3n) is 6.00. The Morgan fingerprint density at radius 3 is 1.18 bits per heavy atom. The minimum atomic E-state index is -4.80. The third kappa shape index (κ3) is 8.80. The number of carbonyl (C=O) groups is 2. The summed E-state index contributed by atoms with van der Waals surface area (Å²) in [6, 6.07) is 4.26. The molecule has 0 atom stereocenters. The van der Waals surface area contributed by atoms with Gasteiger partial charge in [0, 0.05) is 0 Å². The lowest BCUT2D eigenvalue weighted by molar-refractivity contribution is -0.142. The van der Waals surface area contributed by atoms with Crippen LogP contribution in [-0.2, 0) is 21.8 Å². The number of nitrogens with zero attached hydrogens (tertiary/aromatic N) is 2. The molecule has 4 rings (SSSR count). The van der Waals surface area contributed by atoms with E-state index in [2.05, 4.69) is 28.9 Å². The van der Waals surface area contributed by atoms with Crippen molar-refractivity contribution in [3.8, 4) is 34.5 Å². The second-order valence-electron chi connectivity index (χ2n) is 9.10. The summed E-state index contributed by atoms with van der Waals surface area (Å²) in [6.45, 7) is 0. The Kier molecular flexibility index (Phi) is 12.0. The average molecular weight is 726 g/mol. The first-order valence-electron chi connectivity index (χ1n) is 13.1. The normalized spacial score (nSPS) is 11.2. The Morgan fingerprint density at radius 1 is 0.560 bits per heavy atom. The number of alkyl halides is 6. The molecule has 0 aliphatic heterocycles. The first kappa shape index (κ1) is 38.6. The van der Waals surface area contributed by atoms with Crippen LogP contribution in [0, 0.1) is 23.3 Å². The molecule has 268 valence electrons. The zero-order valence-corrected chi connectivity index (χ0v) is 25.6. The van der Waals surface area contributed by atoms with Crippen LogP contribution >= 0.6 is 0 Å². The fourth-order valence-electron chi connectivity index (χ4n) is 3.70. The fourth-order valence-corrected chi connectivity index (χ4v) is 3.70. The lowest BCUT2D eigenvalue weighted by Crippen LogP contribution is -2.12. The molecule has 0 spiro atoms. The van der Waals surface area contributed by atoms with E-state index in [9.17, 15) is 53.5 Å². The first-order chi connectivity index (χ1) is 23.4. The van der Waals surface area contributed by atoms with Gasteiger partial charge in [0.15, 0.2) is 34.6 Å². The second-order valence-corrected chi connectivity index (χ2v) is 9.10. The molecule has 20 heteroatoms. The maximum atomic E-state index is 13.7. The molecule has 4 aromatic rings. The molecule has 0 unspecified atom stereocenters. The lowest BCUT2D eigenvalue weighted by atomic mass is 10.2. The lowest BCUT2D eigenvalue weighted by Gasteiger charge is -2.14. The number of hydrogen-bond acceptors (Lipinski definition) is 10. The molecule has 2 heterocycles. The zero-order valence-electron chi connectivity index (χ0n) is 25.6. The third-order valence-corrected chi connectivity index (χ3v) is 6.00. The van der Waals surface area contributed by atoms with E-state index in [1.54, 1.807) is 0 Å². The monoisotopic (exact) mass is 726 g/mol. The van der Waals surface area contributed by atoms with Gasteiger partial charge in [0.2, 0.25) is 23.1 Å². The molecule has 0 aliphatic carbocycles. The summed E-state index contributed by atoms with van der Waals surface area (Å²) in [5, 5.41) is 0. The van der Waals surface area contributed by atoms with Crippen molar-refractivity contribution in [3.63, 3.8) is 0 Å². The highest BCUT2D eigenvalue weighted by Gasteiger charge is 2.35. The number of aromatic nitrogens is 2. The number of ether oxygens (including phenoxy) is 6. The van der Waals surface area contributed by atoms with Crippen molar-refractivity contribution in [1.29, 1.82) is 0 Å². The van der Waals surface area contributed by atoms with Crippen LogP contribution in [0.3, 0.4) is 0 Å². The molecule has 0 saturated heterocycles. The number of carbonyl (C=O) groups excluding carboxylic acids is 2. The molecule has 0 N–H and O–H groups in total. The summed E-state index contributed by atoms with van der Waals surface area (Å²) in [5.74, 6) is -10.3. The average Bonchev–Trinajstić information content (AvgIpc) is 3.07. The van der Waals surface area contributed by atoms with E-state index in [0.29, 0.717) is 24.5 Å². The van der Waals surface area contributed by atoms with Crippen LogP contribution in [0.1, 0.15) is 32.1 Å². The Labute approximate surface area is 274 Å². The van der Waals surface area contributed by atoms with Crippen LogP contribution in [0.2, 0.25) is 0 Å². The van der Waals surface area contributed by atoms with Crippen LogP contribution in [0.4, 0.5) is 43.9 Å². The van der Waals surface area contributed by atoms with E-state index in [-0.39, 0.29) is 11.5 Å². The van der Waals surface area contributed by atoms with Crippen molar-refractivity contribution in [2.24, 2.45) is 0 Å². The molecular weight excluding hydrogens is 706 g/mol. The van der Waals surface area contributed by atoms with Crippen molar-refractivity contribution < 1.29 is 81.9 Å². The SMILES string of the molecule is COC(=O)c1cc(C(F)(F)F)ncc1Oc1ccc(F)c(F)c1OC.COC(=O)c1cc(C(F)(F)F)ncc1Oc1ccc(F)c(F)c1OC. The van der Waals surface area contributed by atoms with Crippen LogP contribution in [0.15, 0.2) is 48.8 Å². The van der Waals surface area contributed by atoms with Gasteiger partial charge in [-0.05, 0) is 36.4 Å². The number of esters is 2. The standard InChI is InChI=1S/2C15H10F5NO4/c2*1-23-13-9(4-3-8(16)12(13)17)25-10-6-21-11(15(18,19)20)5-7(10)14(22)24-2/h2*3-6H,1-2H3. The Balaban J connectivity index is 0.000000270. The Hall–Kier alpha value is -5.82. The molecule has 50 heavy (non-hydrogen) atoms. The molecule has 0 aliphatic rings. The molecule has 0 fully saturated rings. The van der Waals surface area contributed by atoms with Crippen LogP contribution in [-0.4, -0.2) is 50.3 Å². The van der Waals surface area contributed by atoms with Gasteiger partial charge in [0.25, 0.3) is 0 Å². The molecule has 0 radical (unpaired) electrons. The number of methoxy groups -OCH3 is 4. The summed E-state index contributed by atoms with van der Waals surface area (Å²) in [7, 11) is 3.99. The predicted molar refractivity (Wildman–Crippen MR) is 147 cm³/mol. The van der Waals surface area contributed by atoms with Gasteiger partial charge in [-0.2, -0.15) is 35.1 Å². The van der Waals surface area contributed by atoms with Gasteiger partial charge in [0.1, 0.15) is 22.5 Å². The van der Waals surface area contributed by atoms with E-state index < -0.39 is 93.1 Å². The van der Waals surface area contributed by atoms with Crippen molar-refractivity contribution in [2.75, 3.05) is 28.4 Å². The van der Waals surface area contributed by atoms with Gasteiger partial charge in [-0.25, -0.2) is 28.3 Å². The highest BCUT2D eigenvalue weighted by Crippen LogP contribution is 2.39. The Bertz CT molecular complexity index is 1750. The van der Waals surface area contributed by atoms with E-state index >= 15 is 0 Å². The number of hydrogen-bond donors (Lipinski definition) is 0. The minimum Gasteiger partial charge on any atom is -0.490 e. The second kappa shape index (κ2) is 15.6. The maximum Gasteiger partial charge on any atom is 0.433 e. The number of halogens is 10. The van der Waals surface area contributed by atoms with Crippen molar-refractivity contribution in [2.45, 2.75) is 12.4 Å². The highest BCUT2D eigenvalue weighted by atomic mass is 19.4. The van der Waals surface area contributed by atoms with E-state index in [1.165, 1.54) is 0 Å². The predicted octanol–water partition coefficient (Wildman–Crippen LogP) is 7.93. The topological polar surface area (TPSA) is 115 Å². The summed E-state index contributed by atoms with van der Waals surface area (Å²) in [6.07, 6.45) is -8.37. The van der Waals surface area contributed by atoms with Crippen LogP contribution < -0.4 is 18.9 Å². The van der Waals surface area contributed by atoms with Crippen LogP contribution in [0.5, 0.6) is 34.5 Å².